The van der Waals surface area contributed by atoms with E-state index < -0.39 is 0 Å². The number of anilines is 5. The van der Waals surface area contributed by atoms with Gasteiger partial charge >= 0.3 is 0 Å². The van der Waals surface area contributed by atoms with Crippen molar-refractivity contribution < 1.29 is 14.7 Å². The molecule has 1 saturated heterocycles. The summed E-state index contributed by atoms with van der Waals surface area (Å²) in [5, 5.41) is 16.8. The third kappa shape index (κ3) is 6.31. The monoisotopic (exact) mass is 691 g/mol. The maximum Gasteiger partial charge on any atom is 0.293 e. The molecule has 1 atom stereocenters. The highest BCUT2D eigenvalue weighted by atomic mass is 16.3. The molecule has 3 aliphatic rings. The lowest BCUT2D eigenvalue weighted by atomic mass is 9.90. The third-order valence-electron chi connectivity index (χ3n) is 10.3. The van der Waals surface area contributed by atoms with Gasteiger partial charge in [0.05, 0.1) is 23.7 Å². The highest BCUT2D eigenvalue weighted by molar-refractivity contribution is 6.06. The lowest BCUT2D eigenvalue weighted by Crippen LogP contribution is -2.50. The molecular formula is C38H45N9O4. The highest BCUT2D eigenvalue weighted by Crippen LogP contribution is 2.40. The van der Waals surface area contributed by atoms with E-state index in [1.165, 1.54) is 21.9 Å². The number of aliphatic hydroxyl groups is 1. The Kier molecular flexibility index (Phi) is 8.80. The summed E-state index contributed by atoms with van der Waals surface area (Å²) in [4.78, 5) is 55.2. The number of aliphatic hydroxyl groups excluding tert-OH is 1. The number of fused-ring (bicyclic) bond motifs is 3. The number of hydrogen-bond donors (Lipinski definition) is 3. The number of hydrogen-bond acceptors (Lipinski definition) is 9. The number of benzene rings is 1. The third-order valence-corrected chi connectivity index (χ3v) is 10.3. The molecule has 3 aromatic heterocycles. The molecule has 4 aromatic rings. The number of piperazine rings is 1. The number of nitrogens with zero attached hydrogens (tertiary/aromatic N) is 7. The molecule has 1 aliphatic carbocycles. The van der Waals surface area contributed by atoms with Crippen molar-refractivity contribution in [3.05, 3.63) is 88.2 Å². The number of amides is 2. The van der Waals surface area contributed by atoms with E-state index in [1.807, 2.05) is 18.2 Å². The van der Waals surface area contributed by atoms with Gasteiger partial charge in [-0.1, -0.05) is 20.4 Å². The van der Waals surface area contributed by atoms with Gasteiger partial charge in [0.25, 0.3) is 11.5 Å². The Balaban J connectivity index is 1.21. The Hall–Kier alpha value is -5.27. The molecule has 2 aliphatic heterocycles. The van der Waals surface area contributed by atoms with Crippen molar-refractivity contribution in [2.75, 3.05) is 53.7 Å². The molecule has 51 heavy (non-hydrogen) atoms. The number of aromatic nitrogens is 4. The summed E-state index contributed by atoms with van der Waals surface area (Å²) in [6, 6.07) is 9.54. The summed E-state index contributed by atoms with van der Waals surface area (Å²) in [5.41, 5.74) is 6.34. The fourth-order valence-electron chi connectivity index (χ4n) is 7.82. The van der Waals surface area contributed by atoms with Gasteiger partial charge < -0.3 is 34.7 Å². The first-order valence-electron chi connectivity index (χ1n) is 17.4. The second-order valence-corrected chi connectivity index (χ2v) is 14.7. The first kappa shape index (κ1) is 34.2. The van der Waals surface area contributed by atoms with Crippen molar-refractivity contribution in [3.63, 3.8) is 0 Å². The second-order valence-electron chi connectivity index (χ2n) is 14.7. The Labute approximate surface area is 297 Å². The molecule has 1 aromatic carbocycles. The Morgan fingerprint density at radius 2 is 1.90 bits per heavy atom. The number of pyridine rings is 1. The fraction of sp³-hybridized carbons (Fsp3) is 0.395. The van der Waals surface area contributed by atoms with Crippen LogP contribution in [0.2, 0.25) is 0 Å². The molecule has 0 saturated carbocycles. The molecular weight excluding hydrogens is 646 g/mol. The molecule has 1 fully saturated rings. The number of carbonyl (C=O) groups is 2. The maximum atomic E-state index is 13.9. The first-order valence-corrected chi connectivity index (χ1v) is 17.4. The van der Waals surface area contributed by atoms with E-state index in [0.717, 1.165) is 38.2 Å². The summed E-state index contributed by atoms with van der Waals surface area (Å²) < 4.78 is 3.57. The SMILES string of the molecule is C=CC(=O)Nc1cc(Nc2nc(-c3ccnc(N4CCn5c(cc6c5CC(C)(C)C6)C4=O)c3CO)cn(C)c2=O)ccc1N1CCN(C)C[C@@H]1C. The van der Waals surface area contributed by atoms with Crippen molar-refractivity contribution in [1.82, 2.24) is 24.0 Å². The summed E-state index contributed by atoms with van der Waals surface area (Å²) >= 11 is 0. The van der Waals surface area contributed by atoms with Gasteiger partial charge in [0.15, 0.2) is 5.82 Å². The molecule has 266 valence electrons. The van der Waals surface area contributed by atoms with Crippen LogP contribution >= 0.6 is 0 Å². The van der Waals surface area contributed by atoms with E-state index >= 15 is 0 Å². The van der Waals surface area contributed by atoms with Crippen LogP contribution in [0.15, 0.2) is 60.2 Å². The average molecular weight is 692 g/mol. The van der Waals surface area contributed by atoms with Gasteiger partial charge in [-0.05, 0) is 74.2 Å². The predicted octanol–water partition coefficient (Wildman–Crippen LogP) is 3.93. The molecule has 5 heterocycles. The van der Waals surface area contributed by atoms with Crippen LogP contribution in [-0.2, 0) is 37.8 Å². The molecule has 0 radical (unpaired) electrons. The maximum absolute atomic E-state index is 13.9. The van der Waals surface area contributed by atoms with Gasteiger partial charge in [-0.15, -0.1) is 0 Å². The Morgan fingerprint density at radius 1 is 1.10 bits per heavy atom. The minimum atomic E-state index is -0.389. The molecule has 7 rings (SSSR count). The van der Waals surface area contributed by atoms with Crippen LogP contribution in [0.5, 0.6) is 0 Å². The molecule has 3 N–H and O–H groups in total. The fourth-order valence-corrected chi connectivity index (χ4v) is 7.82. The number of likely N-dealkylation sites (N-methyl/N-ethyl adjacent to an activating group) is 1. The van der Waals surface area contributed by atoms with Crippen LogP contribution in [0.3, 0.4) is 0 Å². The predicted molar refractivity (Wildman–Crippen MR) is 199 cm³/mol. The smallest absolute Gasteiger partial charge is 0.293 e. The van der Waals surface area contributed by atoms with Crippen molar-refractivity contribution in [1.29, 1.82) is 0 Å². The largest absolute Gasteiger partial charge is 0.392 e. The number of carbonyl (C=O) groups excluding carboxylic acids is 2. The molecule has 0 spiro atoms. The summed E-state index contributed by atoms with van der Waals surface area (Å²) in [5.74, 6) is -0.0697. The van der Waals surface area contributed by atoms with Gasteiger partial charge in [-0.25, -0.2) is 9.97 Å². The molecule has 13 heteroatoms. The lowest BCUT2D eigenvalue weighted by molar-refractivity contribution is -0.111. The van der Waals surface area contributed by atoms with Crippen molar-refractivity contribution in [2.45, 2.75) is 52.8 Å². The second kappa shape index (κ2) is 13.1. The Bertz CT molecular complexity index is 2120. The molecule has 2 amide bonds. The summed E-state index contributed by atoms with van der Waals surface area (Å²) in [7, 11) is 3.73. The van der Waals surface area contributed by atoms with E-state index in [4.69, 9.17) is 4.98 Å². The van der Waals surface area contributed by atoms with Crippen LogP contribution in [0.1, 0.15) is 48.1 Å². The quantitative estimate of drug-likeness (QED) is 0.235. The van der Waals surface area contributed by atoms with E-state index in [-0.39, 0.29) is 41.3 Å². The minimum Gasteiger partial charge on any atom is -0.392 e. The standard InChI is InChI=1S/C38H45N9O4/c1-7-33(49)41-28-17-25(8-9-30(28)45-13-12-43(5)20-23(45)2)40-34-37(51)44(6)21-29(42-34)26-10-11-39-35(27(26)22-48)47-15-14-46-31(36(47)50)16-24-18-38(3,4)19-32(24)46/h7-11,16-17,21,23,48H,1,12-15,18-20,22H2,2-6H3,(H,40,42)(H,41,49)/t23-/m0/s1. The van der Waals surface area contributed by atoms with Crippen molar-refractivity contribution in [3.8, 4) is 11.3 Å². The normalized spacial score (nSPS) is 18.4. The molecule has 0 bridgehead atoms. The van der Waals surface area contributed by atoms with E-state index in [0.29, 0.717) is 52.8 Å². The van der Waals surface area contributed by atoms with Gasteiger partial charge in [0.2, 0.25) is 5.91 Å². The van der Waals surface area contributed by atoms with Crippen molar-refractivity contribution in [2.24, 2.45) is 12.5 Å². The van der Waals surface area contributed by atoms with E-state index in [9.17, 15) is 19.5 Å². The summed E-state index contributed by atoms with van der Waals surface area (Å²) in [6.45, 7) is 13.5. The van der Waals surface area contributed by atoms with Crippen LogP contribution in [-0.4, -0.2) is 80.2 Å². The highest BCUT2D eigenvalue weighted by Gasteiger charge is 2.37. The van der Waals surface area contributed by atoms with Crippen LogP contribution in [0, 0.1) is 5.41 Å². The van der Waals surface area contributed by atoms with Gasteiger partial charge in [-0.2, -0.15) is 0 Å². The van der Waals surface area contributed by atoms with Crippen LogP contribution in [0.25, 0.3) is 11.3 Å². The first-order chi connectivity index (χ1) is 24.4. The molecule has 0 unspecified atom stereocenters. The van der Waals surface area contributed by atoms with Gasteiger partial charge in [0.1, 0.15) is 11.5 Å². The Morgan fingerprint density at radius 3 is 2.65 bits per heavy atom. The number of aryl methyl sites for hydroxylation is 1. The van der Waals surface area contributed by atoms with Crippen LogP contribution < -0.4 is 26.0 Å². The molecule has 13 nitrogen and oxygen atoms in total. The van der Waals surface area contributed by atoms with E-state index in [1.54, 1.807) is 36.5 Å². The minimum absolute atomic E-state index is 0.0586. The number of rotatable bonds is 8. The van der Waals surface area contributed by atoms with Crippen molar-refractivity contribution >= 4 is 40.5 Å². The lowest BCUT2D eigenvalue weighted by Gasteiger charge is -2.40. The van der Waals surface area contributed by atoms with Gasteiger partial charge in [-0.3, -0.25) is 19.3 Å². The zero-order chi connectivity index (χ0) is 36.2. The topological polar surface area (TPSA) is 141 Å². The van der Waals surface area contributed by atoms with E-state index in [2.05, 4.69) is 64.4 Å². The van der Waals surface area contributed by atoms with Gasteiger partial charge in [0, 0.05) is 80.7 Å². The summed E-state index contributed by atoms with van der Waals surface area (Å²) in [6.07, 6.45) is 6.30. The van der Waals surface area contributed by atoms with Crippen LogP contribution in [0.4, 0.5) is 28.7 Å². The number of nitrogens with one attached hydrogen (secondary N) is 2. The zero-order valence-corrected chi connectivity index (χ0v) is 29.9. The zero-order valence-electron chi connectivity index (χ0n) is 29.9. The average Bonchev–Trinajstić information content (AvgIpc) is 3.59.